The highest BCUT2D eigenvalue weighted by Crippen LogP contribution is 2.37. The van der Waals surface area contributed by atoms with E-state index in [4.69, 9.17) is 9.78 Å². The van der Waals surface area contributed by atoms with Gasteiger partial charge in [0.1, 0.15) is 5.60 Å². The number of rotatable bonds is 9. The van der Waals surface area contributed by atoms with E-state index in [9.17, 15) is 0 Å². The summed E-state index contributed by atoms with van der Waals surface area (Å²) in [5, 5.41) is 0. The molecule has 1 aliphatic heterocycles. The number of hydrogen-bond donors (Lipinski definition) is 0. The average molecular weight is 309 g/mol. The van der Waals surface area contributed by atoms with Crippen LogP contribution in [0.3, 0.4) is 0 Å². The molecule has 2 heteroatoms. The van der Waals surface area contributed by atoms with E-state index in [1.165, 1.54) is 6.42 Å². The summed E-state index contributed by atoms with van der Waals surface area (Å²) in [7, 11) is 0. The average Bonchev–Trinajstić information content (AvgIpc) is 2.57. The minimum atomic E-state index is -0.223. The fourth-order valence-corrected chi connectivity index (χ4v) is 3.24. The van der Waals surface area contributed by atoms with Gasteiger partial charge in [-0.25, -0.2) is 9.78 Å². The molecule has 1 saturated heterocycles. The van der Waals surface area contributed by atoms with Crippen molar-refractivity contribution in [3.8, 4) is 0 Å². The second-order valence-electron chi connectivity index (χ2n) is 6.56. The first kappa shape index (κ1) is 19.4. The Hall–Kier alpha value is -0.600. The van der Waals surface area contributed by atoms with Crippen molar-refractivity contribution in [3.05, 3.63) is 24.3 Å². The molecule has 2 nitrogen and oxygen atoms in total. The zero-order chi connectivity index (χ0) is 16.4. The predicted molar refractivity (Wildman–Crippen MR) is 94.6 cm³/mol. The summed E-state index contributed by atoms with van der Waals surface area (Å²) in [5.41, 5.74) is -0.223. The first-order valence-electron chi connectivity index (χ1n) is 9.33. The maximum Gasteiger partial charge on any atom is 0.122 e. The smallest absolute Gasteiger partial charge is 0.122 e. The highest BCUT2D eigenvalue weighted by molar-refractivity contribution is 5.05. The third-order valence-electron chi connectivity index (χ3n) is 5.03. The Labute approximate surface area is 137 Å². The van der Waals surface area contributed by atoms with Gasteiger partial charge in [-0.2, -0.15) is 0 Å². The molecule has 22 heavy (non-hydrogen) atoms. The minimum absolute atomic E-state index is 0.223. The molecule has 0 radical (unpaired) electrons. The summed E-state index contributed by atoms with van der Waals surface area (Å²) in [4.78, 5) is 11.6. The Balaban J connectivity index is 2.66. The monoisotopic (exact) mass is 308 g/mol. The van der Waals surface area contributed by atoms with E-state index in [0.29, 0.717) is 11.8 Å². The first-order chi connectivity index (χ1) is 10.6. The largest absolute Gasteiger partial charge is 0.232 e. The Kier molecular flexibility index (Phi) is 9.04. The second kappa shape index (κ2) is 10.2. The van der Waals surface area contributed by atoms with Crippen LogP contribution in [0.15, 0.2) is 24.3 Å². The van der Waals surface area contributed by atoms with Crippen molar-refractivity contribution in [2.45, 2.75) is 91.3 Å². The first-order valence-corrected chi connectivity index (χ1v) is 9.33. The quantitative estimate of drug-likeness (QED) is 0.371. The summed E-state index contributed by atoms with van der Waals surface area (Å²) in [5.74, 6) is 1.24. The van der Waals surface area contributed by atoms with Crippen molar-refractivity contribution in [2.24, 2.45) is 11.8 Å². The van der Waals surface area contributed by atoms with E-state index in [-0.39, 0.29) is 11.7 Å². The Morgan fingerprint density at radius 2 is 1.86 bits per heavy atom. The Morgan fingerprint density at radius 1 is 1.09 bits per heavy atom. The zero-order valence-corrected chi connectivity index (χ0v) is 15.3. The van der Waals surface area contributed by atoms with E-state index in [0.717, 1.165) is 38.5 Å². The van der Waals surface area contributed by atoms with Gasteiger partial charge < -0.3 is 0 Å². The molecule has 0 spiro atoms. The molecule has 0 aromatic carbocycles. The van der Waals surface area contributed by atoms with Crippen molar-refractivity contribution in [2.75, 3.05) is 0 Å². The SMILES string of the molecule is CC/C=C/C(CC)C/C=C/[C@@]1(CC)C[C@H](CC)[C@@H](CC)OO1. The van der Waals surface area contributed by atoms with Gasteiger partial charge in [0, 0.05) is 0 Å². The summed E-state index contributed by atoms with van der Waals surface area (Å²) in [6, 6.07) is 0. The van der Waals surface area contributed by atoms with Gasteiger partial charge in [-0.05, 0) is 50.4 Å². The molecule has 0 N–H and O–H groups in total. The summed E-state index contributed by atoms with van der Waals surface area (Å²) >= 11 is 0. The maximum absolute atomic E-state index is 5.84. The van der Waals surface area contributed by atoms with Crippen LogP contribution in [0.5, 0.6) is 0 Å². The molecule has 1 unspecified atom stereocenters. The van der Waals surface area contributed by atoms with Crippen molar-refractivity contribution >= 4 is 0 Å². The van der Waals surface area contributed by atoms with E-state index in [1.807, 2.05) is 0 Å². The van der Waals surface area contributed by atoms with E-state index in [1.54, 1.807) is 0 Å². The number of allylic oxidation sites excluding steroid dienone is 3. The molecule has 0 aliphatic carbocycles. The van der Waals surface area contributed by atoms with Crippen LogP contribution in [0.4, 0.5) is 0 Å². The number of hydrogen-bond acceptors (Lipinski definition) is 2. The van der Waals surface area contributed by atoms with Crippen LogP contribution in [-0.4, -0.2) is 11.7 Å². The molecule has 1 aliphatic rings. The molecule has 0 saturated carbocycles. The highest BCUT2D eigenvalue weighted by Gasteiger charge is 2.39. The summed E-state index contributed by atoms with van der Waals surface area (Å²) in [6.45, 7) is 11.1. The highest BCUT2D eigenvalue weighted by atomic mass is 17.2. The molecule has 1 rings (SSSR count). The lowest BCUT2D eigenvalue weighted by atomic mass is 9.81. The molecular formula is C20H36O2. The summed E-state index contributed by atoms with van der Waals surface area (Å²) in [6.07, 6.45) is 17.1. The summed E-state index contributed by atoms with van der Waals surface area (Å²) < 4.78 is 0. The van der Waals surface area contributed by atoms with E-state index < -0.39 is 0 Å². The van der Waals surface area contributed by atoms with Crippen molar-refractivity contribution in [1.82, 2.24) is 0 Å². The third-order valence-corrected chi connectivity index (χ3v) is 5.03. The van der Waals surface area contributed by atoms with Crippen LogP contribution >= 0.6 is 0 Å². The van der Waals surface area contributed by atoms with Crippen LogP contribution in [0.2, 0.25) is 0 Å². The van der Waals surface area contributed by atoms with Gasteiger partial charge in [0.2, 0.25) is 0 Å². The van der Waals surface area contributed by atoms with Gasteiger partial charge in [0.25, 0.3) is 0 Å². The van der Waals surface area contributed by atoms with Crippen LogP contribution in [0.25, 0.3) is 0 Å². The molecule has 0 bridgehead atoms. The van der Waals surface area contributed by atoms with Gasteiger partial charge in [0.15, 0.2) is 0 Å². The van der Waals surface area contributed by atoms with Crippen molar-refractivity contribution in [1.29, 1.82) is 0 Å². The van der Waals surface area contributed by atoms with Gasteiger partial charge >= 0.3 is 0 Å². The van der Waals surface area contributed by atoms with Crippen LogP contribution in [-0.2, 0) is 9.78 Å². The fourth-order valence-electron chi connectivity index (χ4n) is 3.24. The lowest BCUT2D eigenvalue weighted by Crippen LogP contribution is -2.43. The normalized spacial score (nSPS) is 31.1. The fraction of sp³-hybridized carbons (Fsp3) is 0.800. The van der Waals surface area contributed by atoms with E-state index >= 15 is 0 Å². The molecule has 4 atom stereocenters. The molecular weight excluding hydrogens is 272 g/mol. The molecule has 0 aromatic rings. The van der Waals surface area contributed by atoms with Gasteiger partial charge in [-0.15, -0.1) is 0 Å². The van der Waals surface area contributed by atoms with Crippen LogP contribution in [0.1, 0.15) is 79.6 Å². The maximum atomic E-state index is 5.84. The molecule has 1 heterocycles. The third kappa shape index (κ3) is 5.55. The lowest BCUT2D eigenvalue weighted by Gasteiger charge is -2.41. The van der Waals surface area contributed by atoms with Crippen LogP contribution < -0.4 is 0 Å². The zero-order valence-electron chi connectivity index (χ0n) is 15.3. The topological polar surface area (TPSA) is 18.5 Å². The molecule has 128 valence electrons. The predicted octanol–water partition coefficient (Wildman–Crippen LogP) is 6.23. The Morgan fingerprint density at radius 3 is 2.41 bits per heavy atom. The molecule has 1 fully saturated rings. The lowest BCUT2D eigenvalue weighted by molar-refractivity contribution is -0.410. The molecule has 0 aromatic heterocycles. The van der Waals surface area contributed by atoms with Gasteiger partial charge in [-0.1, -0.05) is 65.3 Å². The van der Waals surface area contributed by atoms with Gasteiger partial charge in [-0.3, -0.25) is 0 Å². The van der Waals surface area contributed by atoms with Crippen molar-refractivity contribution in [3.63, 3.8) is 0 Å². The van der Waals surface area contributed by atoms with Crippen LogP contribution in [0, 0.1) is 11.8 Å². The Bertz CT molecular complexity index is 348. The minimum Gasteiger partial charge on any atom is -0.232 e. The van der Waals surface area contributed by atoms with Crippen molar-refractivity contribution < 1.29 is 9.78 Å². The standard InChI is InChI=1S/C20H36O2/c1-6-11-13-17(7-2)14-12-15-20(10-5)16-18(8-3)19(9-4)21-22-20/h11-13,15,17-19H,6-10,14,16H2,1-5H3/b13-11+,15-12+/t17?,18-,19+,20-/m0/s1. The van der Waals surface area contributed by atoms with Gasteiger partial charge in [0.05, 0.1) is 6.10 Å². The van der Waals surface area contributed by atoms with E-state index in [2.05, 4.69) is 58.9 Å². The second-order valence-corrected chi connectivity index (χ2v) is 6.56. The molecule has 0 amide bonds.